The maximum absolute atomic E-state index is 13.1. The number of halogens is 1. The number of aromatic nitrogens is 1. The lowest BCUT2D eigenvalue weighted by atomic mass is 9.88. The summed E-state index contributed by atoms with van der Waals surface area (Å²) in [4.78, 5) is 15.2. The van der Waals surface area contributed by atoms with Crippen molar-refractivity contribution in [3.63, 3.8) is 0 Å². The van der Waals surface area contributed by atoms with Gasteiger partial charge in [0.2, 0.25) is 0 Å². The predicted molar refractivity (Wildman–Crippen MR) is 74.8 cm³/mol. The number of carbonyl (C=O) groups is 1. The van der Waals surface area contributed by atoms with Crippen LogP contribution in [0, 0.1) is 5.82 Å². The number of carbonyl (C=O) groups excluding carboxylic acids is 1. The van der Waals surface area contributed by atoms with E-state index < -0.39 is 0 Å². The molecule has 1 aromatic carbocycles. The number of benzene rings is 1. The highest BCUT2D eigenvalue weighted by atomic mass is 19.1. The Morgan fingerprint density at radius 1 is 1.15 bits per heavy atom. The molecule has 0 saturated heterocycles. The molecule has 3 nitrogen and oxygen atoms in total. The van der Waals surface area contributed by atoms with Crippen molar-refractivity contribution in [1.82, 2.24) is 10.3 Å². The first-order valence-electron chi connectivity index (χ1n) is 6.92. The number of hydrogen-bond acceptors (Lipinski definition) is 1. The first-order valence-corrected chi connectivity index (χ1v) is 6.92. The lowest BCUT2D eigenvalue weighted by Crippen LogP contribution is -2.43. The largest absolute Gasteiger partial charge is 0.357 e. The SMILES string of the molecule is O=C(NC1(c2ccc(F)cc2)CCCC1)c1ccc[nH]1. The van der Waals surface area contributed by atoms with Crippen LogP contribution in [-0.2, 0) is 5.54 Å². The smallest absolute Gasteiger partial charge is 0.268 e. The Bertz CT molecular complexity index is 583. The third kappa shape index (κ3) is 2.33. The summed E-state index contributed by atoms with van der Waals surface area (Å²) in [7, 11) is 0. The summed E-state index contributed by atoms with van der Waals surface area (Å²) in [6, 6.07) is 10.0. The summed E-state index contributed by atoms with van der Waals surface area (Å²) in [5, 5.41) is 3.14. The van der Waals surface area contributed by atoms with Crippen molar-refractivity contribution in [2.75, 3.05) is 0 Å². The summed E-state index contributed by atoms with van der Waals surface area (Å²) in [6.07, 6.45) is 5.66. The normalized spacial score (nSPS) is 17.1. The van der Waals surface area contributed by atoms with E-state index >= 15 is 0 Å². The Morgan fingerprint density at radius 3 is 2.45 bits per heavy atom. The summed E-state index contributed by atoms with van der Waals surface area (Å²) in [6.45, 7) is 0. The Labute approximate surface area is 117 Å². The fourth-order valence-corrected chi connectivity index (χ4v) is 2.99. The van der Waals surface area contributed by atoms with E-state index in [1.165, 1.54) is 12.1 Å². The van der Waals surface area contributed by atoms with E-state index in [9.17, 15) is 9.18 Å². The van der Waals surface area contributed by atoms with E-state index in [0.29, 0.717) is 5.69 Å². The lowest BCUT2D eigenvalue weighted by molar-refractivity contribution is 0.0893. The molecule has 3 rings (SSSR count). The second kappa shape index (κ2) is 5.12. The number of amides is 1. The van der Waals surface area contributed by atoms with Crippen LogP contribution in [0.4, 0.5) is 4.39 Å². The second-order valence-corrected chi connectivity index (χ2v) is 5.33. The Kier molecular flexibility index (Phi) is 3.30. The van der Waals surface area contributed by atoms with Gasteiger partial charge in [-0.3, -0.25) is 4.79 Å². The summed E-state index contributed by atoms with van der Waals surface area (Å²) in [5.41, 5.74) is 1.17. The molecule has 20 heavy (non-hydrogen) atoms. The van der Waals surface area contributed by atoms with Crippen LogP contribution in [0.2, 0.25) is 0 Å². The molecule has 0 radical (unpaired) electrons. The molecule has 1 aliphatic rings. The molecule has 0 bridgehead atoms. The van der Waals surface area contributed by atoms with Gasteiger partial charge in [-0.05, 0) is 42.7 Å². The average molecular weight is 272 g/mol. The number of aromatic amines is 1. The zero-order valence-corrected chi connectivity index (χ0v) is 11.2. The van der Waals surface area contributed by atoms with Gasteiger partial charge >= 0.3 is 0 Å². The van der Waals surface area contributed by atoms with Crippen LogP contribution in [0.25, 0.3) is 0 Å². The number of H-pyrrole nitrogens is 1. The molecule has 1 aliphatic carbocycles. The van der Waals surface area contributed by atoms with Gasteiger partial charge in [0.05, 0.1) is 5.54 Å². The molecule has 4 heteroatoms. The molecule has 1 saturated carbocycles. The molecular weight excluding hydrogens is 255 g/mol. The maximum atomic E-state index is 13.1. The summed E-state index contributed by atoms with van der Waals surface area (Å²) in [5.74, 6) is -0.362. The highest BCUT2D eigenvalue weighted by Crippen LogP contribution is 2.38. The van der Waals surface area contributed by atoms with Crippen LogP contribution in [0.1, 0.15) is 41.7 Å². The zero-order valence-electron chi connectivity index (χ0n) is 11.2. The topological polar surface area (TPSA) is 44.9 Å². The van der Waals surface area contributed by atoms with Crippen LogP contribution < -0.4 is 5.32 Å². The van der Waals surface area contributed by atoms with Gasteiger partial charge in [0.25, 0.3) is 5.91 Å². The fourth-order valence-electron chi connectivity index (χ4n) is 2.99. The molecule has 0 spiro atoms. The summed E-state index contributed by atoms with van der Waals surface area (Å²) < 4.78 is 13.1. The van der Waals surface area contributed by atoms with Gasteiger partial charge in [-0.15, -0.1) is 0 Å². The van der Waals surface area contributed by atoms with Crippen molar-refractivity contribution in [3.8, 4) is 0 Å². The third-order valence-corrected chi connectivity index (χ3v) is 4.05. The maximum Gasteiger partial charge on any atom is 0.268 e. The molecule has 1 aromatic heterocycles. The lowest BCUT2D eigenvalue weighted by Gasteiger charge is -2.31. The standard InChI is InChI=1S/C16H17FN2O/c17-13-7-5-12(6-8-13)16(9-1-2-10-16)19-15(20)14-4-3-11-18-14/h3-8,11,18H,1-2,9-10H2,(H,19,20). The summed E-state index contributed by atoms with van der Waals surface area (Å²) >= 11 is 0. The minimum absolute atomic E-state index is 0.110. The van der Waals surface area contributed by atoms with E-state index in [1.54, 1.807) is 30.5 Å². The van der Waals surface area contributed by atoms with Crippen molar-refractivity contribution in [1.29, 1.82) is 0 Å². The van der Waals surface area contributed by atoms with Crippen LogP contribution in [0.3, 0.4) is 0 Å². The van der Waals surface area contributed by atoms with Crippen molar-refractivity contribution >= 4 is 5.91 Å². The molecular formula is C16H17FN2O. The highest BCUT2D eigenvalue weighted by molar-refractivity contribution is 5.93. The number of nitrogens with one attached hydrogen (secondary N) is 2. The van der Waals surface area contributed by atoms with Gasteiger partial charge in [-0.2, -0.15) is 0 Å². The van der Waals surface area contributed by atoms with Crippen LogP contribution in [0.5, 0.6) is 0 Å². The monoisotopic (exact) mass is 272 g/mol. The minimum atomic E-state index is -0.365. The van der Waals surface area contributed by atoms with E-state index in [1.807, 2.05) is 0 Å². The number of hydrogen-bond donors (Lipinski definition) is 2. The molecule has 1 amide bonds. The molecule has 0 unspecified atom stereocenters. The minimum Gasteiger partial charge on any atom is -0.357 e. The van der Waals surface area contributed by atoms with E-state index in [-0.39, 0.29) is 17.3 Å². The van der Waals surface area contributed by atoms with Crippen LogP contribution in [0.15, 0.2) is 42.6 Å². The molecule has 0 atom stereocenters. The van der Waals surface area contributed by atoms with Gasteiger partial charge in [-0.25, -0.2) is 4.39 Å². The molecule has 2 N–H and O–H groups in total. The molecule has 0 aliphatic heterocycles. The van der Waals surface area contributed by atoms with Crippen molar-refractivity contribution in [2.24, 2.45) is 0 Å². The van der Waals surface area contributed by atoms with Gasteiger partial charge in [0, 0.05) is 6.20 Å². The predicted octanol–water partition coefficient (Wildman–Crippen LogP) is 3.35. The third-order valence-electron chi connectivity index (χ3n) is 4.05. The van der Waals surface area contributed by atoms with Gasteiger partial charge < -0.3 is 10.3 Å². The van der Waals surface area contributed by atoms with Crippen molar-refractivity contribution in [2.45, 2.75) is 31.2 Å². The molecule has 104 valence electrons. The highest BCUT2D eigenvalue weighted by Gasteiger charge is 2.37. The van der Waals surface area contributed by atoms with Crippen LogP contribution in [-0.4, -0.2) is 10.9 Å². The average Bonchev–Trinajstić information content (AvgIpc) is 3.10. The second-order valence-electron chi connectivity index (χ2n) is 5.33. The Hall–Kier alpha value is -2.10. The molecule has 2 aromatic rings. The zero-order chi connectivity index (χ0) is 14.0. The van der Waals surface area contributed by atoms with Gasteiger partial charge in [0.1, 0.15) is 11.5 Å². The van der Waals surface area contributed by atoms with Crippen LogP contribution >= 0.6 is 0 Å². The van der Waals surface area contributed by atoms with Gasteiger partial charge in [-0.1, -0.05) is 25.0 Å². The van der Waals surface area contributed by atoms with E-state index in [4.69, 9.17) is 0 Å². The molecule has 1 heterocycles. The quantitative estimate of drug-likeness (QED) is 0.884. The van der Waals surface area contributed by atoms with Crippen molar-refractivity contribution in [3.05, 3.63) is 59.7 Å². The van der Waals surface area contributed by atoms with Crippen molar-refractivity contribution < 1.29 is 9.18 Å². The van der Waals surface area contributed by atoms with E-state index in [2.05, 4.69) is 10.3 Å². The first kappa shape index (κ1) is 12.9. The number of rotatable bonds is 3. The van der Waals surface area contributed by atoms with Gasteiger partial charge in [0.15, 0.2) is 0 Å². The fraction of sp³-hybridized carbons (Fsp3) is 0.312. The van der Waals surface area contributed by atoms with E-state index in [0.717, 1.165) is 31.2 Å². The first-order chi connectivity index (χ1) is 9.70. The Balaban J connectivity index is 1.88. The Morgan fingerprint density at radius 2 is 1.85 bits per heavy atom. The molecule has 1 fully saturated rings.